The molecular formula is C17H26N2O2. The second-order valence-corrected chi connectivity index (χ2v) is 6.00. The molecule has 116 valence electrons. The average molecular weight is 290 g/mol. The van der Waals surface area contributed by atoms with Crippen LogP contribution in [0, 0.1) is 6.92 Å². The fourth-order valence-electron chi connectivity index (χ4n) is 2.99. The number of phenols is 1. The molecule has 0 bridgehead atoms. The summed E-state index contributed by atoms with van der Waals surface area (Å²) in [5.41, 5.74) is 1.08. The Morgan fingerprint density at radius 3 is 2.76 bits per heavy atom. The Morgan fingerprint density at radius 2 is 2.05 bits per heavy atom. The third-order valence-corrected chi connectivity index (χ3v) is 4.43. The summed E-state index contributed by atoms with van der Waals surface area (Å²) in [6, 6.07) is 5.90. The molecule has 1 aromatic carbocycles. The Morgan fingerprint density at radius 1 is 1.33 bits per heavy atom. The molecular weight excluding hydrogens is 264 g/mol. The average Bonchev–Trinajstić information content (AvgIpc) is 2.50. The van der Waals surface area contributed by atoms with Gasteiger partial charge in [0.25, 0.3) is 5.91 Å². The highest BCUT2D eigenvalue weighted by Gasteiger charge is 2.18. The number of nitrogens with one attached hydrogen (secondary N) is 1. The summed E-state index contributed by atoms with van der Waals surface area (Å²) in [6.07, 6.45) is 6.52. The van der Waals surface area contributed by atoms with E-state index >= 15 is 0 Å². The fourth-order valence-corrected chi connectivity index (χ4v) is 2.99. The van der Waals surface area contributed by atoms with Gasteiger partial charge < -0.3 is 15.3 Å². The van der Waals surface area contributed by atoms with Crippen molar-refractivity contribution in [2.45, 2.75) is 45.1 Å². The van der Waals surface area contributed by atoms with Gasteiger partial charge in [0.1, 0.15) is 5.75 Å². The van der Waals surface area contributed by atoms with E-state index in [4.69, 9.17) is 0 Å². The maximum atomic E-state index is 12.1. The van der Waals surface area contributed by atoms with Crippen LogP contribution >= 0.6 is 0 Å². The summed E-state index contributed by atoms with van der Waals surface area (Å²) in [5, 5.41) is 12.8. The number of benzene rings is 1. The fraction of sp³-hybridized carbons (Fsp3) is 0.588. The lowest BCUT2D eigenvalue weighted by molar-refractivity contribution is 0.0941. The van der Waals surface area contributed by atoms with Gasteiger partial charge in [0.05, 0.1) is 5.56 Å². The summed E-state index contributed by atoms with van der Waals surface area (Å²) in [4.78, 5) is 14.4. The molecule has 0 heterocycles. The van der Waals surface area contributed by atoms with Gasteiger partial charge in [-0.15, -0.1) is 0 Å². The molecule has 0 atom stereocenters. The molecule has 4 heteroatoms. The van der Waals surface area contributed by atoms with Crippen molar-refractivity contribution < 1.29 is 9.90 Å². The maximum absolute atomic E-state index is 12.1. The van der Waals surface area contributed by atoms with Gasteiger partial charge in [-0.3, -0.25) is 4.79 Å². The molecule has 4 nitrogen and oxygen atoms in total. The topological polar surface area (TPSA) is 52.6 Å². The van der Waals surface area contributed by atoms with Crippen molar-refractivity contribution in [3.63, 3.8) is 0 Å². The van der Waals surface area contributed by atoms with Gasteiger partial charge in [-0.2, -0.15) is 0 Å². The normalized spacial score (nSPS) is 16.1. The summed E-state index contributed by atoms with van der Waals surface area (Å²) in [7, 11) is 2.13. The van der Waals surface area contributed by atoms with Crippen molar-refractivity contribution in [1.29, 1.82) is 0 Å². The van der Waals surface area contributed by atoms with Crippen molar-refractivity contribution in [2.24, 2.45) is 0 Å². The van der Waals surface area contributed by atoms with E-state index in [-0.39, 0.29) is 11.7 Å². The minimum atomic E-state index is -0.201. The summed E-state index contributed by atoms with van der Waals surface area (Å²) in [6.45, 7) is 3.26. The SMILES string of the molecule is Cc1cccc(C(=O)NCCN(C)C2CCCCC2)c1O. The number of aromatic hydroxyl groups is 1. The van der Waals surface area contributed by atoms with Crippen LogP contribution in [0.5, 0.6) is 5.75 Å². The number of carbonyl (C=O) groups excluding carboxylic acids is 1. The van der Waals surface area contributed by atoms with E-state index in [2.05, 4.69) is 17.3 Å². The predicted molar refractivity (Wildman–Crippen MR) is 84.7 cm³/mol. The van der Waals surface area contributed by atoms with Crippen LogP contribution in [0.1, 0.15) is 48.0 Å². The molecule has 0 aliphatic heterocycles. The molecule has 1 aromatic rings. The molecule has 2 N–H and O–H groups in total. The van der Waals surface area contributed by atoms with Gasteiger partial charge in [0, 0.05) is 19.1 Å². The molecule has 2 rings (SSSR count). The van der Waals surface area contributed by atoms with Gasteiger partial charge in [0.15, 0.2) is 0 Å². The predicted octanol–water partition coefficient (Wildman–Crippen LogP) is 2.69. The van der Waals surface area contributed by atoms with Crippen molar-refractivity contribution in [2.75, 3.05) is 20.1 Å². The smallest absolute Gasteiger partial charge is 0.255 e. The van der Waals surface area contributed by atoms with Crippen LogP contribution < -0.4 is 5.32 Å². The zero-order chi connectivity index (χ0) is 15.2. The van der Waals surface area contributed by atoms with Crippen molar-refractivity contribution in [3.8, 4) is 5.75 Å². The molecule has 0 aromatic heterocycles. The number of aryl methyl sites for hydroxylation is 1. The standard InChI is InChI=1S/C17H26N2O2/c1-13-7-6-10-15(16(13)20)17(21)18-11-12-19(2)14-8-4-3-5-9-14/h6-7,10,14,20H,3-5,8-9,11-12H2,1-2H3,(H,18,21). The van der Waals surface area contributed by atoms with Crippen LogP contribution in [0.4, 0.5) is 0 Å². The van der Waals surface area contributed by atoms with Gasteiger partial charge in [-0.1, -0.05) is 31.4 Å². The van der Waals surface area contributed by atoms with Crippen LogP contribution in [0.15, 0.2) is 18.2 Å². The number of nitrogens with zero attached hydrogens (tertiary/aromatic N) is 1. The number of likely N-dealkylation sites (N-methyl/N-ethyl adjacent to an activating group) is 1. The highest BCUT2D eigenvalue weighted by Crippen LogP contribution is 2.22. The third-order valence-electron chi connectivity index (χ3n) is 4.43. The lowest BCUT2D eigenvalue weighted by Crippen LogP contribution is -2.39. The van der Waals surface area contributed by atoms with Crippen LogP contribution in [0.25, 0.3) is 0 Å². The Balaban J connectivity index is 1.80. The molecule has 0 spiro atoms. The van der Waals surface area contributed by atoms with Crippen molar-refractivity contribution >= 4 is 5.91 Å². The monoisotopic (exact) mass is 290 g/mol. The largest absolute Gasteiger partial charge is 0.507 e. The van der Waals surface area contributed by atoms with E-state index < -0.39 is 0 Å². The maximum Gasteiger partial charge on any atom is 0.255 e. The lowest BCUT2D eigenvalue weighted by Gasteiger charge is -2.31. The minimum Gasteiger partial charge on any atom is -0.507 e. The van der Waals surface area contributed by atoms with Crippen LogP contribution in [-0.2, 0) is 0 Å². The van der Waals surface area contributed by atoms with E-state index in [9.17, 15) is 9.90 Å². The van der Waals surface area contributed by atoms with Gasteiger partial charge in [-0.05, 0) is 38.4 Å². The third kappa shape index (κ3) is 4.21. The second kappa shape index (κ2) is 7.46. The number of carbonyl (C=O) groups is 1. The first-order valence-electron chi connectivity index (χ1n) is 7.86. The van der Waals surface area contributed by atoms with Gasteiger partial charge >= 0.3 is 0 Å². The first kappa shape index (κ1) is 15.8. The summed E-state index contributed by atoms with van der Waals surface area (Å²) >= 11 is 0. The lowest BCUT2D eigenvalue weighted by atomic mass is 9.94. The number of phenolic OH excluding ortho intramolecular Hbond substituents is 1. The Hall–Kier alpha value is -1.55. The molecule has 1 amide bonds. The molecule has 0 unspecified atom stereocenters. The van der Waals surface area contributed by atoms with E-state index in [1.54, 1.807) is 25.1 Å². The number of para-hydroxylation sites is 1. The number of rotatable bonds is 5. The molecule has 21 heavy (non-hydrogen) atoms. The first-order valence-corrected chi connectivity index (χ1v) is 7.86. The quantitative estimate of drug-likeness (QED) is 0.876. The van der Waals surface area contributed by atoms with E-state index in [0.29, 0.717) is 18.2 Å². The minimum absolute atomic E-state index is 0.0793. The Bertz CT molecular complexity index is 482. The van der Waals surface area contributed by atoms with Crippen LogP contribution in [0.2, 0.25) is 0 Å². The molecule has 1 aliphatic carbocycles. The zero-order valence-electron chi connectivity index (χ0n) is 13.1. The second-order valence-electron chi connectivity index (χ2n) is 6.00. The first-order chi connectivity index (χ1) is 10.1. The van der Waals surface area contributed by atoms with E-state index in [1.165, 1.54) is 32.1 Å². The molecule has 1 fully saturated rings. The summed E-state index contributed by atoms with van der Waals surface area (Å²) < 4.78 is 0. The number of hydrogen-bond donors (Lipinski definition) is 2. The molecule has 0 saturated heterocycles. The van der Waals surface area contributed by atoms with Crippen molar-refractivity contribution in [3.05, 3.63) is 29.3 Å². The zero-order valence-corrected chi connectivity index (χ0v) is 13.1. The van der Waals surface area contributed by atoms with E-state index in [0.717, 1.165) is 12.1 Å². The van der Waals surface area contributed by atoms with Gasteiger partial charge in [-0.25, -0.2) is 0 Å². The Labute approximate surface area is 127 Å². The van der Waals surface area contributed by atoms with Crippen molar-refractivity contribution in [1.82, 2.24) is 10.2 Å². The highest BCUT2D eigenvalue weighted by molar-refractivity contribution is 5.97. The number of amides is 1. The highest BCUT2D eigenvalue weighted by atomic mass is 16.3. The van der Waals surface area contributed by atoms with Crippen LogP contribution in [-0.4, -0.2) is 42.1 Å². The molecule has 1 aliphatic rings. The van der Waals surface area contributed by atoms with Crippen LogP contribution in [0.3, 0.4) is 0 Å². The Kier molecular flexibility index (Phi) is 5.62. The van der Waals surface area contributed by atoms with E-state index in [1.807, 2.05) is 0 Å². The summed E-state index contributed by atoms with van der Waals surface area (Å²) in [5.74, 6) is -0.121. The van der Waals surface area contributed by atoms with Gasteiger partial charge in [0.2, 0.25) is 0 Å². The molecule has 1 saturated carbocycles. The number of hydrogen-bond acceptors (Lipinski definition) is 3. The molecule has 0 radical (unpaired) electrons.